The molecule has 1 unspecified atom stereocenters. The topological polar surface area (TPSA) is 63.7 Å². The predicted molar refractivity (Wildman–Crippen MR) is 124 cm³/mol. The van der Waals surface area contributed by atoms with Crippen LogP contribution in [0.5, 0.6) is 11.5 Å². The fourth-order valence-electron chi connectivity index (χ4n) is 4.13. The zero-order valence-corrected chi connectivity index (χ0v) is 18.1. The van der Waals surface area contributed by atoms with Crippen molar-refractivity contribution in [2.75, 3.05) is 30.5 Å². The number of ether oxygens (including phenoxy) is 2. The van der Waals surface area contributed by atoms with Crippen molar-refractivity contribution in [1.29, 1.82) is 0 Å². The van der Waals surface area contributed by atoms with Crippen LogP contribution in [0.25, 0.3) is 10.9 Å². The van der Waals surface area contributed by atoms with Crippen LogP contribution in [0.3, 0.4) is 0 Å². The minimum absolute atomic E-state index is 0.0850. The summed E-state index contributed by atoms with van der Waals surface area (Å²) in [5, 5.41) is 3.84. The largest absolute Gasteiger partial charge is 0.497 e. The smallest absolute Gasteiger partial charge is 0.262 e. The first-order valence-corrected chi connectivity index (χ1v) is 10.9. The third kappa shape index (κ3) is 4.90. The number of methoxy groups -OCH3 is 1. The van der Waals surface area contributed by atoms with Crippen molar-refractivity contribution in [2.24, 2.45) is 0 Å². The highest BCUT2D eigenvalue weighted by molar-refractivity contribution is 5.92. The Bertz CT molecular complexity index is 1040. The highest BCUT2D eigenvalue weighted by Gasteiger charge is 2.22. The Labute approximate surface area is 183 Å². The van der Waals surface area contributed by atoms with Crippen LogP contribution in [0, 0.1) is 0 Å². The van der Waals surface area contributed by atoms with Gasteiger partial charge in [0.25, 0.3) is 5.91 Å². The first-order valence-electron chi connectivity index (χ1n) is 10.9. The average molecular weight is 420 g/mol. The molecule has 0 saturated carbocycles. The van der Waals surface area contributed by atoms with E-state index < -0.39 is 0 Å². The summed E-state index contributed by atoms with van der Waals surface area (Å²) in [7, 11) is 1.61. The molecule has 1 amide bonds. The summed E-state index contributed by atoms with van der Waals surface area (Å²) < 4.78 is 11.0. The van der Waals surface area contributed by atoms with E-state index in [1.54, 1.807) is 31.4 Å². The van der Waals surface area contributed by atoms with Crippen molar-refractivity contribution in [2.45, 2.75) is 38.6 Å². The molecular formula is C25H29N3O3. The van der Waals surface area contributed by atoms with Crippen molar-refractivity contribution in [3.8, 4) is 11.5 Å². The van der Waals surface area contributed by atoms with E-state index in [1.807, 2.05) is 18.2 Å². The van der Waals surface area contributed by atoms with E-state index in [2.05, 4.69) is 29.3 Å². The molecule has 1 fully saturated rings. The molecule has 6 nitrogen and oxygen atoms in total. The zero-order valence-electron chi connectivity index (χ0n) is 18.1. The number of piperidine rings is 1. The fraction of sp³-hybridized carbons (Fsp3) is 0.360. The third-order valence-corrected chi connectivity index (χ3v) is 5.79. The van der Waals surface area contributed by atoms with Crippen LogP contribution in [-0.2, 0) is 4.79 Å². The molecule has 2 aromatic carbocycles. The molecule has 1 saturated heterocycles. The summed E-state index contributed by atoms with van der Waals surface area (Å²) in [6.45, 7) is 3.18. The van der Waals surface area contributed by atoms with E-state index in [-0.39, 0.29) is 12.5 Å². The van der Waals surface area contributed by atoms with Crippen LogP contribution in [0.15, 0.2) is 54.6 Å². The summed E-state index contributed by atoms with van der Waals surface area (Å²) in [4.78, 5) is 19.7. The summed E-state index contributed by atoms with van der Waals surface area (Å²) in [5.74, 6) is 2.12. The van der Waals surface area contributed by atoms with Crippen LogP contribution in [0.2, 0.25) is 0 Å². The van der Waals surface area contributed by atoms with Gasteiger partial charge in [-0.2, -0.15) is 0 Å². The van der Waals surface area contributed by atoms with Crippen molar-refractivity contribution in [1.82, 2.24) is 4.98 Å². The molecule has 1 atom stereocenters. The Hall–Kier alpha value is -3.28. The van der Waals surface area contributed by atoms with Crippen molar-refractivity contribution in [3.63, 3.8) is 0 Å². The highest BCUT2D eigenvalue weighted by atomic mass is 16.5. The quantitative estimate of drug-likeness (QED) is 0.582. The maximum atomic E-state index is 12.4. The molecule has 0 bridgehead atoms. The third-order valence-electron chi connectivity index (χ3n) is 5.79. The van der Waals surface area contributed by atoms with Gasteiger partial charge in [-0.05, 0) is 68.1 Å². The molecule has 31 heavy (non-hydrogen) atoms. The average Bonchev–Trinajstić information content (AvgIpc) is 2.82. The highest BCUT2D eigenvalue weighted by Crippen LogP contribution is 2.30. The van der Waals surface area contributed by atoms with Gasteiger partial charge in [0.15, 0.2) is 6.61 Å². The monoisotopic (exact) mass is 419 g/mol. The van der Waals surface area contributed by atoms with Gasteiger partial charge in [0, 0.05) is 23.7 Å². The second-order valence-corrected chi connectivity index (χ2v) is 7.81. The number of para-hydroxylation sites is 1. The van der Waals surface area contributed by atoms with Crippen LogP contribution in [-0.4, -0.2) is 37.2 Å². The second-order valence-electron chi connectivity index (χ2n) is 7.81. The molecule has 2 heterocycles. The minimum atomic E-state index is -0.222. The fourth-order valence-corrected chi connectivity index (χ4v) is 4.13. The first kappa shape index (κ1) is 21.0. The standard InChI is InChI=1S/C25H29N3O3/c1-3-20-8-4-5-16-28(20)23-15-10-18-7-6-9-22(25(18)27-23)31-17-24(29)26-19-11-13-21(30-2)14-12-19/h6-7,9-15,20H,3-5,8,16-17H2,1-2H3,(H,26,29). The first-order chi connectivity index (χ1) is 15.2. The molecule has 6 heteroatoms. The van der Waals surface area contributed by atoms with Crippen LogP contribution >= 0.6 is 0 Å². The number of carbonyl (C=O) groups excluding carboxylic acids is 1. The second kappa shape index (κ2) is 9.69. The van der Waals surface area contributed by atoms with Gasteiger partial charge in [0.1, 0.15) is 22.8 Å². The van der Waals surface area contributed by atoms with Gasteiger partial charge >= 0.3 is 0 Å². The number of hydrogen-bond donors (Lipinski definition) is 1. The number of hydrogen-bond acceptors (Lipinski definition) is 5. The summed E-state index contributed by atoms with van der Waals surface area (Å²) in [6, 6.07) is 17.7. The van der Waals surface area contributed by atoms with E-state index in [0.29, 0.717) is 17.5 Å². The molecular weight excluding hydrogens is 390 g/mol. The number of amides is 1. The Morgan fingerprint density at radius 3 is 2.74 bits per heavy atom. The van der Waals surface area contributed by atoms with E-state index >= 15 is 0 Å². The normalized spacial score (nSPS) is 16.2. The lowest BCUT2D eigenvalue weighted by molar-refractivity contribution is -0.118. The van der Waals surface area contributed by atoms with E-state index in [1.165, 1.54) is 19.3 Å². The Morgan fingerprint density at radius 1 is 1.13 bits per heavy atom. The Kier molecular flexibility index (Phi) is 6.55. The van der Waals surface area contributed by atoms with Gasteiger partial charge < -0.3 is 19.7 Å². The summed E-state index contributed by atoms with van der Waals surface area (Å²) >= 11 is 0. The number of rotatable bonds is 7. The molecule has 162 valence electrons. The Morgan fingerprint density at radius 2 is 1.97 bits per heavy atom. The van der Waals surface area contributed by atoms with E-state index in [0.717, 1.165) is 35.4 Å². The number of anilines is 2. The lowest BCUT2D eigenvalue weighted by Gasteiger charge is -2.36. The van der Waals surface area contributed by atoms with Gasteiger partial charge in [0.05, 0.1) is 7.11 Å². The van der Waals surface area contributed by atoms with Crippen LogP contribution in [0.1, 0.15) is 32.6 Å². The molecule has 1 aliphatic heterocycles. The number of carbonyl (C=O) groups is 1. The molecule has 0 radical (unpaired) electrons. The van der Waals surface area contributed by atoms with Crippen molar-refractivity contribution >= 4 is 28.3 Å². The molecule has 0 aliphatic carbocycles. The lowest BCUT2D eigenvalue weighted by atomic mass is 10.00. The maximum absolute atomic E-state index is 12.4. The molecule has 1 N–H and O–H groups in total. The minimum Gasteiger partial charge on any atom is -0.497 e. The lowest BCUT2D eigenvalue weighted by Crippen LogP contribution is -2.39. The van der Waals surface area contributed by atoms with Gasteiger partial charge in [-0.3, -0.25) is 4.79 Å². The van der Waals surface area contributed by atoms with E-state index in [4.69, 9.17) is 14.5 Å². The number of aromatic nitrogens is 1. The number of pyridine rings is 1. The van der Waals surface area contributed by atoms with E-state index in [9.17, 15) is 4.79 Å². The number of benzene rings is 2. The van der Waals surface area contributed by atoms with Crippen molar-refractivity contribution in [3.05, 3.63) is 54.6 Å². The van der Waals surface area contributed by atoms with Crippen molar-refractivity contribution < 1.29 is 14.3 Å². The number of fused-ring (bicyclic) bond motifs is 1. The van der Waals surface area contributed by atoms with Crippen LogP contribution in [0.4, 0.5) is 11.5 Å². The molecule has 4 rings (SSSR count). The van der Waals surface area contributed by atoms with Gasteiger partial charge in [-0.1, -0.05) is 19.1 Å². The van der Waals surface area contributed by atoms with Gasteiger partial charge in [0.2, 0.25) is 0 Å². The number of nitrogens with one attached hydrogen (secondary N) is 1. The maximum Gasteiger partial charge on any atom is 0.262 e. The predicted octanol–water partition coefficient (Wildman–Crippen LogP) is 5.03. The molecule has 1 aliphatic rings. The summed E-state index contributed by atoms with van der Waals surface area (Å²) in [6.07, 6.45) is 4.80. The van der Waals surface area contributed by atoms with Gasteiger partial charge in [-0.25, -0.2) is 4.98 Å². The SMILES string of the molecule is CCC1CCCCN1c1ccc2cccc(OCC(=O)Nc3ccc(OC)cc3)c2n1. The Balaban J connectivity index is 1.48. The summed E-state index contributed by atoms with van der Waals surface area (Å²) in [5.41, 5.74) is 1.49. The number of nitrogens with zero attached hydrogens (tertiary/aromatic N) is 2. The van der Waals surface area contributed by atoms with Crippen LogP contribution < -0.4 is 19.7 Å². The molecule has 0 spiro atoms. The molecule has 1 aromatic heterocycles. The van der Waals surface area contributed by atoms with Gasteiger partial charge in [-0.15, -0.1) is 0 Å². The zero-order chi connectivity index (χ0) is 21.6. The molecule has 3 aromatic rings.